The van der Waals surface area contributed by atoms with E-state index < -0.39 is 0 Å². The molecule has 6 heteroatoms. The highest BCUT2D eigenvalue weighted by atomic mass is 35.5. The van der Waals surface area contributed by atoms with E-state index in [1.807, 2.05) is 84.9 Å². The second-order valence-electron chi connectivity index (χ2n) is 5.99. The van der Waals surface area contributed by atoms with Crippen molar-refractivity contribution in [1.29, 1.82) is 0 Å². The Morgan fingerprint density at radius 2 is 1.50 bits per heavy atom. The Morgan fingerprint density at radius 3 is 2.21 bits per heavy atom. The largest absolute Gasteiger partial charge is 0.493 e. The smallest absolute Gasteiger partial charge is 0.196 e. The van der Waals surface area contributed by atoms with Crippen LogP contribution in [0.1, 0.15) is 0 Å². The molecule has 0 unspecified atom stereocenters. The van der Waals surface area contributed by atoms with Crippen LogP contribution < -0.4 is 4.74 Å². The minimum Gasteiger partial charge on any atom is -0.493 e. The van der Waals surface area contributed by atoms with Crippen LogP contribution in [0.15, 0.2) is 90.1 Å². The average molecular weight is 408 g/mol. The number of benzene rings is 3. The molecule has 0 saturated carbocycles. The number of hydrogen-bond acceptors (Lipinski definition) is 4. The third-order valence-electron chi connectivity index (χ3n) is 4.08. The molecule has 4 nitrogen and oxygen atoms in total. The number of ether oxygens (including phenoxy) is 1. The summed E-state index contributed by atoms with van der Waals surface area (Å²) in [7, 11) is 0. The Hall–Kier alpha value is -2.76. The van der Waals surface area contributed by atoms with E-state index in [0.29, 0.717) is 11.6 Å². The van der Waals surface area contributed by atoms with E-state index in [-0.39, 0.29) is 0 Å². The highest BCUT2D eigenvalue weighted by molar-refractivity contribution is 7.99. The molecule has 0 aliphatic heterocycles. The van der Waals surface area contributed by atoms with Crippen LogP contribution >= 0.6 is 23.4 Å². The molecule has 28 heavy (non-hydrogen) atoms. The summed E-state index contributed by atoms with van der Waals surface area (Å²) in [6.07, 6.45) is 0. The van der Waals surface area contributed by atoms with Gasteiger partial charge in [0.1, 0.15) is 5.75 Å². The number of rotatable bonds is 7. The summed E-state index contributed by atoms with van der Waals surface area (Å²) in [6, 6.07) is 27.6. The Balaban J connectivity index is 1.56. The van der Waals surface area contributed by atoms with Gasteiger partial charge in [-0.3, -0.25) is 4.57 Å². The molecular weight excluding hydrogens is 390 g/mol. The fourth-order valence-corrected chi connectivity index (χ4v) is 3.66. The lowest BCUT2D eigenvalue weighted by molar-refractivity contribution is 0.344. The fraction of sp³-hybridized carbons (Fsp3) is 0.0909. The van der Waals surface area contributed by atoms with Crippen LogP contribution in [-0.2, 0) is 0 Å². The maximum atomic E-state index is 6.04. The molecule has 1 heterocycles. The van der Waals surface area contributed by atoms with Crippen molar-refractivity contribution < 1.29 is 4.74 Å². The molecule has 0 N–H and O–H groups in total. The van der Waals surface area contributed by atoms with Gasteiger partial charge in [0.15, 0.2) is 11.0 Å². The van der Waals surface area contributed by atoms with Crippen LogP contribution in [0, 0.1) is 0 Å². The number of para-hydroxylation sites is 2. The van der Waals surface area contributed by atoms with E-state index in [0.717, 1.165) is 33.7 Å². The number of halogens is 1. The molecule has 0 fully saturated rings. The standard InChI is InChI=1S/C22H18ClN3OS/c23-18-13-11-17(12-14-18)21-24-25-22(26(21)19-7-3-1-4-8-19)28-16-15-27-20-9-5-2-6-10-20/h1-14H,15-16H2. The summed E-state index contributed by atoms with van der Waals surface area (Å²) >= 11 is 7.65. The molecule has 1 aromatic heterocycles. The minimum atomic E-state index is 0.590. The lowest BCUT2D eigenvalue weighted by Crippen LogP contribution is -2.03. The van der Waals surface area contributed by atoms with E-state index in [2.05, 4.69) is 14.8 Å². The number of nitrogens with zero attached hydrogens (tertiary/aromatic N) is 3. The number of hydrogen-bond donors (Lipinski definition) is 0. The van der Waals surface area contributed by atoms with Crippen LogP contribution in [0.3, 0.4) is 0 Å². The number of aromatic nitrogens is 3. The molecule has 0 saturated heterocycles. The van der Waals surface area contributed by atoms with Crippen LogP contribution in [0.2, 0.25) is 5.02 Å². The Morgan fingerprint density at radius 1 is 0.821 bits per heavy atom. The third kappa shape index (κ3) is 4.38. The summed E-state index contributed by atoms with van der Waals surface area (Å²) in [4.78, 5) is 0. The normalized spacial score (nSPS) is 10.8. The predicted molar refractivity (Wildman–Crippen MR) is 114 cm³/mol. The second kappa shape index (κ2) is 8.95. The van der Waals surface area contributed by atoms with Gasteiger partial charge in [-0.25, -0.2) is 0 Å². The van der Waals surface area contributed by atoms with Crippen molar-refractivity contribution in [3.05, 3.63) is 90.0 Å². The Labute approximate surface area is 173 Å². The van der Waals surface area contributed by atoms with Gasteiger partial charge >= 0.3 is 0 Å². The van der Waals surface area contributed by atoms with Crippen molar-refractivity contribution in [3.8, 4) is 22.8 Å². The SMILES string of the molecule is Clc1ccc(-c2nnc(SCCOc3ccccc3)n2-c2ccccc2)cc1. The van der Waals surface area contributed by atoms with E-state index in [1.54, 1.807) is 11.8 Å². The molecule has 0 spiro atoms. The van der Waals surface area contributed by atoms with Crippen molar-refractivity contribution in [2.75, 3.05) is 12.4 Å². The van der Waals surface area contributed by atoms with Crippen molar-refractivity contribution >= 4 is 23.4 Å². The van der Waals surface area contributed by atoms with Crippen molar-refractivity contribution in [3.63, 3.8) is 0 Å². The summed E-state index contributed by atoms with van der Waals surface area (Å²) in [5, 5.41) is 10.4. The highest BCUT2D eigenvalue weighted by Gasteiger charge is 2.16. The maximum absolute atomic E-state index is 6.04. The molecule has 4 rings (SSSR count). The first kappa shape index (κ1) is 18.6. The fourth-order valence-electron chi connectivity index (χ4n) is 2.77. The van der Waals surface area contributed by atoms with Gasteiger partial charge in [-0.15, -0.1) is 10.2 Å². The zero-order valence-electron chi connectivity index (χ0n) is 15.0. The first-order valence-electron chi connectivity index (χ1n) is 8.89. The molecule has 0 aliphatic rings. The van der Waals surface area contributed by atoms with Crippen LogP contribution in [-0.4, -0.2) is 27.1 Å². The Kier molecular flexibility index (Phi) is 5.95. The van der Waals surface area contributed by atoms with Gasteiger partial charge in [0, 0.05) is 22.0 Å². The monoisotopic (exact) mass is 407 g/mol. The summed E-state index contributed by atoms with van der Waals surface area (Å²) in [5.41, 5.74) is 1.98. The van der Waals surface area contributed by atoms with Crippen LogP contribution in [0.4, 0.5) is 0 Å². The average Bonchev–Trinajstić information content (AvgIpc) is 3.17. The van der Waals surface area contributed by atoms with Gasteiger partial charge in [-0.05, 0) is 48.5 Å². The molecule has 3 aromatic carbocycles. The first-order valence-corrected chi connectivity index (χ1v) is 10.2. The molecule has 0 aliphatic carbocycles. The van der Waals surface area contributed by atoms with Gasteiger partial charge in [-0.2, -0.15) is 0 Å². The summed E-state index contributed by atoms with van der Waals surface area (Å²) in [6.45, 7) is 0.590. The van der Waals surface area contributed by atoms with E-state index >= 15 is 0 Å². The van der Waals surface area contributed by atoms with Gasteiger partial charge in [0.2, 0.25) is 0 Å². The minimum absolute atomic E-state index is 0.590. The molecule has 4 aromatic rings. The predicted octanol–water partition coefficient (Wildman–Crippen LogP) is 5.76. The highest BCUT2D eigenvalue weighted by Crippen LogP contribution is 2.28. The van der Waals surface area contributed by atoms with Gasteiger partial charge in [-0.1, -0.05) is 59.8 Å². The third-order valence-corrected chi connectivity index (χ3v) is 5.22. The molecule has 0 atom stereocenters. The van der Waals surface area contributed by atoms with E-state index in [9.17, 15) is 0 Å². The summed E-state index contributed by atoms with van der Waals surface area (Å²) < 4.78 is 7.85. The first-order chi connectivity index (χ1) is 13.8. The van der Waals surface area contributed by atoms with E-state index in [4.69, 9.17) is 16.3 Å². The maximum Gasteiger partial charge on any atom is 0.196 e. The lowest BCUT2D eigenvalue weighted by atomic mass is 10.2. The molecule has 140 valence electrons. The quantitative estimate of drug-likeness (QED) is 0.288. The van der Waals surface area contributed by atoms with E-state index in [1.165, 1.54) is 0 Å². The topological polar surface area (TPSA) is 39.9 Å². The molecule has 0 amide bonds. The zero-order valence-corrected chi connectivity index (χ0v) is 16.6. The number of thioether (sulfide) groups is 1. The summed E-state index contributed by atoms with van der Waals surface area (Å²) in [5.74, 6) is 2.42. The van der Waals surface area contributed by atoms with Gasteiger partial charge in [0.25, 0.3) is 0 Å². The Bertz CT molecular complexity index is 1020. The second-order valence-corrected chi connectivity index (χ2v) is 7.49. The van der Waals surface area contributed by atoms with Gasteiger partial charge < -0.3 is 4.74 Å². The molecule has 0 bridgehead atoms. The van der Waals surface area contributed by atoms with Crippen molar-refractivity contribution in [1.82, 2.24) is 14.8 Å². The van der Waals surface area contributed by atoms with Crippen molar-refractivity contribution in [2.45, 2.75) is 5.16 Å². The molecule has 0 radical (unpaired) electrons. The lowest BCUT2D eigenvalue weighted by Gasteiger charge is -2.11. The van der Waals surface area contributed by atoms with Crippen LogP contribution in [0.5, 0.6) is 5.75 Å². The molecular formula is C22H18ClN3OS. The van der Waals surface area contributed by atoms with Crippen molar-refractivity contribution in [2.24, 2.45) is 0 Å². The van der Waals surface area contributed by atoms with Crippen LogP contribution in [0.25, 0.3) is 17.1 Å². The zero-order chi connectivity index (χ0) is 19.2. The van der Waals surface area contributed by atoms with Gasteiger partial charge in [0.05, 0.1) is 6.61 Å².